The maximum atomic E-state index is 11.9. The van der Waals surface area contributed by atoms with E-state index in [2.05, 4.69) is 5.32 Å². The largest absolute Gasteiger partial charge is 0.478 e. The molecule has 1 saturated carbocycles. The average Bonchev–Trinajstić information content (AvgIpc) is 2.94. The van der Waals surface area contributed by atoms with Gasteiger partial charge in [0.05, 0.1) is 18.1 Å². The highest BCUT2D eigenvalue weighted by atomic mass is 16.5. The Morgan fingerprint density at radius 3 is 2.62 bits per heavy atom. The lowest BCUT2D eigenvalue weighted by Gasteiger charge is -2.19. The molecule has 1 aliphatic rings. The van der Waals surface area contributed by atoms with E-state index < -0.39 is 5.97 Å². The van der Waals surface area contributed by atoms with Crippen LogP contribution in [0.25, 0.3) is 0 Å². The Kier molecular flexibility index (Phi) is 5.33. The summed E-state index contributed by atoms with van der Waals surface area (Å²) in [6.07, 6.45) is 2.87. The summed E-state index contributed by atoms with van der Waals surface area (Å²) in [4.78, 5) is 22.7. The fourth-order valence-electron chi connectivity index (χ4n) is 2.75. The number of nitrogens with one attached hydrogen (secondary N) is 1. The molecule has 2 atom stereocenters. The summed E-state index contributed by atoms with van der Waals surface area (Å²) < 4.78 is 5.11. The highest BCUT2D eigenvalue weighted by Gasteiger charge is 2.33. The number of esters is 1. The van der Waals surface area contributed by atoms with Crippen LogP contribution in [-0.4, -0.2) is 29.7 Å². The van der Waals surface area contributed by atoms with Gasteiger partial charge >= 0.3 is 11.9 Å². The molecule has 21 heavy (non-hydrogen) atoms. The van der Waals surface area contributed by atoms with Gasteiger partial charge in [-0.15, -0.1) is 0 Å². The zero-order chi connectivity index (χ0) is 15.2. The van der Waals surface area contributed by atoms with Crippen LogP contribution in [-0.2, 0) is 16.1 Å². The Balaban J connectivity index is 1.89. The molecule has 1 aromatic rings. The van der Waals surface area contributed by atoms with Crippen molar-refractivity contribution in [2.75, 3.05) is 6.61 Å². The monoisotopic (exact) mass is 291 g/mol. The van der Waals surface area contributed by atoms with Crippen molar-refractivity contribution in [2.24, 2.45) is 5.92 Å². The maximum Gasteiger partial charge on any atom is 0.335 e. The number of carbonyl (C=O) groups excluding carboxylic acids is 1. The van der Waals surface area contributed by atoms with Crippen molar-refractivity contribution < 1.29 is 19.4 Å². The molecule has 5 nitrogen and oxygen atoms in total. The summed E-state index contributed by atoms with van der Waals surface area (Å²) in [5.74, 6) is -1.11. The lowest BCUT2D eigenvalue weighted by atomic mass is 10.0. The van der Waals surface area contributed by atoms with Crippen molar-refractivity contribution in [2.45, 2.75) is 38.8 Å². The minimum Gasteiger partial charge on any atom is -0.478 e. The standard InChI is InChI=1S/C16H21NO4/c1-2-21-16(20)13-4-3-5-14(13)17-10-11-6-8-12(9-7-11)15(18)19/h6-9,13-14,17H,2-5,10H2,1H3,(H,18,19)/t13-,14+/m1/s1. The summed E-state index contributed by atoms with van der Waals surface area (Å²) in [5.41, 5.74) is 1.29. The molecule has 2 rings (SSSR count). The molecule has 0 spiro atoms. The van der Waals surface area contributed by atoms with Gasteiger partial charge in [0.1, 0.15) is 0 Å². The molecule has 1 fully saturated rings. The van der Waals surface area contributed by atoms with Crippen LogP contribution in [0.3, 0.4) is 0 Å². The van der Waals surface area contributed by atoms with E-state index >= 15 is 0 Å². The number of carboxylic acid groups (broad SMARTS) is 1. The number of rotatable bonds is 6. The van der Waals surface area contributed by atoms with E-state index in [4.69, 9.17) is 9.84 Å². The van der Waals surface area contributed by atoms with Gasteiger partial charge in [0.2, 0.25) is 0 Å². The van der Waals surface area contributed by atoms with Gasteiger partial charge in [-0.25, -0.2) is 4.79 Å². The molecular weight excluding hydrogens is 270 g/mol. The second-order valence-electron chi connectivity index (χ2n) is 5.28. The van der Waals surface area contributed by atoms with Gasteiger partial charge in [0, 0.05) is 12.6 Å². The lowest BCUT2D eigenvalue weighted by Crippen LogP contribution is -2.36. The number of hydrogen-bond donors (Lipinski definition) is 2. The molecule has 1 aromatic carbocycles. The molecule has 0 heterocycles. The zero-order valence-corrected chi connectivity index (χ0v) is 12.2. The molecule has 0 saturated heterocycles. The number of carboxylic acids is 1. The molecule has 0 bridgehead atoms. The summed E-state index contributed by atoms with van der Waals surface area (Å²) in [6, 6.07) is 6.92. The summed E-state index contributed by atoms with van der Waals surface area (Å²) >= 11 is 0. The van der Waals surface area contributed by atoms with E-state index in [1.807, 2.05) is 6.92 Å². The van der Waals surface area contributed by atoms with Crippen LogP contribution < -0.4 is 5.32 Å². The first-order valence-electron chi connectivity index (χ1n) is 7.34. The summed E-state index contributed by atoms with van der Waals surface area (Å²) in [5, 5.41) is 12.2. The Labute approximate surface area is 124 Å². The Morgan fingerprint density at radius 1 is 1.29 bits per heavy atom. The van der Waals surface area contributed by atoms with E-state index in [0.717, 1.165) is 24.8 Å². The minimum atomic E-state index is -0.923. The highest BCUT2D eigenvalue weighted by Crippen LogP contribution is 2.27. The fraction of sp³-hybridized carbons (Fsp3) is 0.500. The van der Waals surface area contributed by atoms with Gasteiger partial charge in [-0.1, -0.05) is 18.6 Å². The van der Waals surface area contributed by atoms with Crippen molar-refractivity contribution in [1.29, 1.82) is 0 Å². The van der Waals surface area contributed by atoms with E-state index in [-0.39, 0.29) is 23.5 Å². The van der Waals surface area contributed by atoms with Crippen LogP contribution in [0.15, 0.2) is 24.3 Å². The third kappa shape index (κ3) is 4.04. The second kappa shape index (κ2) is 7.22. The topological polar surface area (TPSA) is 75.6 Å². The minimum absolute atomic E-state index is 0.0664. The van der Waals surface area contributed by atoms with Gasteiger partial charge in [-0.2, -0.15) is 0 Å². The van der Waals surface area contributed by atoms with E-state index in [0.29, 0.717) is 13.2 Å². The first-order valence-corrected chi connectivity index (χ1v) is 7.34. The smallest absolute Gasteiger partial charge is 0.335 e. The van der Waals surface area contributed by atoms with Gasteiger partial charge in [0.15, 0.2) is 0 Å². The molecule has 0 aromatic heterocycles. The number of carbonyl (C=O) groups is 2. The first kappa shape index (κ1) is 15.5. The molecule has 5 heteroatoms. The van der Waals surface area contributed by atoms with Crippen LogP contribution in [0.2, 0.25) is 0 Å². The van der Waals surface area contributed by atoms with Crippen LogP contribution in [0.1, 0.15) is 42.1 Å². The Hall–Kier alpha value is -1.88. The van der Waals surface area contributed by atoms with Crippen LogP contribution in [0.4, 0.5) is 0 Å². The molecule has 114 valence electrons. The van der Waals surface area contributed by atoms with E-state index in [9.17, 15) is 9.59 Å². The molecule has 0 radical (unpaired) electrons. The van der Waals surface area contributed by atoms with Crippen molar-refractivity contribution >= 4 is 11.9 Å². The van der Waals surface area contributed by atoms with Gasteiger partial charge in [0.25, 0.3) is 0 Å². The zero-order valence-electron chi connectivity index (χ0n) is 12.2. The van der Waals surface area contributed by atoms with Crippen LogP contribution >= 0.6 is 0 Å². The van der Waals surface area contributed by atoms with E-state index in [1.165, 1.54) is 0 Å². The van der Waals surface area contributed by atoms with Crippen molar-refractivity contribution in [1.82, 2.24) is 5.32 Å². The normalized spacial score (nSPS) is 21.2. The van der Waals surface area contributed by atoms with Crippen molar-refractivity contribution in [3.8, 4) is 0 Å². The van der Waals surface area contributed by atoms with Crippen LogP contribution in [0, 0.1) is 5.92 Å². The number of benzene rings is 1. The molecule has 0 aliphatic heterocycles. The quantitative estimate of drug-likeness (QED) is 0.786. The van der Waals surface area contributed by atoms with Crippen LogP contribution in [0.5, 0.6) is 0 Å². The molecule has 1 aliphatic carbocycles. The average molecular weight is 291 g/mol. The van der Waals surface area contributed by atoms with Gasteiger partial charge in [-0.3, -0.25) is 4.79 Å². The Morgan fingerprint density at radius 2 is 2.00 bits per heavy atom. The SMILES string of the molecule is CCOC(=O)[C@@H]1CCC[C@@H]1NCc1ccc(C(=O)O)cc1. The summed E-state index contributed by atoms with van der Waals surface area (Å²) in [7, 11) is 0. The molecule has 2 N–H and O–H groups in total. The van der Waals surface area contributed by atoms with Gasteiger partial charge in [-0.05, 0) is 37.5 Å². The number of hydrogen-bond acceptors (Lipinski definition) is 4. The molecular formula is C16H21NO4. The van der Waals surface area contributed by atoms with E-state index in [1.54, 1.807) is 24.3 Å². The molecule has 0 amide bonds. The number of aromatic carboxylic acids is 1. The van der Waals surface area contributed by atoms with Crippen molar-refractivity contribution in [3.63, 3.8) is 0 Å². The van der Waals surface area contributed by atoms with Crippen molar-refractivity contribution in [3.05, 3.63) is 35.4 Å². The Bertz CT molecular complexity index is 498. The van der Waals surface area contributed by atoms with Gasteiger partial charge < -0.3 is 15.2 Å². The highest BCUT2D eigenvalue weighted by molar-refractivity contribution is 5.87. The predicted octanol–water partition coefficient (Wildman–Crippen LogP) is 2.21. The summed E-state index contributed by atoms with van der Waals surface area (Å²) in [6.45, 7) is 2.86. The fourth-order valence-corrected chi connectivity index (χ4v) is 2.75. The molecule has 0 unspecified atom stereocenters. The second-order valence-corrected chi connectivity index (χ2v) is 5.28. The maximum absolute atomic E-state index is 11.9. The third-order valence-corrected chi connectivity index (χ3v) is 3.87. The first-order chi connectivity index (χ1) is 10.1. The number of ether oxygens (including phenoxy) is 1. The predicted molar refractivity (Wildman–Crippen MR) is 78.0 cm³/mol. The third-order valence-electron chi connectivity index (χ3n) is 3.87. The lowest BCUT2D eigenvalue weighted by molar-refractivity contribution is -0.148.